The van der Waals surface area contributed by atoms with Gasteiger partial charge in [0.2, 0.25) is 0 Å². The molecule has 1 aromatic carbocycles. The second-order valence-electron chi connectivity index (χ2n) is 5.85. The largest absolute Gasteiger partial charge is 0.369 e. The Hall–Kier alpha value is -2.05. The number of hydrogen-bond donors (Lipinski definition) is 2. The maximum atomic E-state index is 4.72. The molecule has 1 aromatic heterocycles. The second-order valence-corrected chi connectivity index (χ2v) is 5.85. The molecule has 2 aliphatic heterocycles. The smallest absolute Gasteiger partial charge is 0.163 e. The van der Waals surface area contributed by atoms with Gasteiger partial charge in [-0.1, -0.05) is 6.08 Å². The molecule has 1 fully saturated rings. The summed E-state index contributed by atoms with van der Waals surface area (Å²) in [7, 11) is 2.02. The van der Waals surface area contributed by atoms with Crippen LogP contribution in [0.3, 0.4) is 0 Å². The number of piperazine rings is 1. The molecule has 0 saturated carbocycles. The van der Waals surface area contributed by atoms with Gasteiger partial charge in [0, 0.05) is 57.0 Å². The van der Waals surface area contributed by atoms with Gasteiger partial charge < -0.3 is 15.1 Å². The summed E-state index contributed by atoms with van der Waals surface area (Å²) in [4.78, 5) is 4.60. The van der Waals surface area contributed by atoms with Gasteiger partial charge in [0.25, 0.3) is 0 Å². The number of rotatable bonds is 2. The zero-order valence-corrected chi connectivity index (χ0v) is 12.9. The second kappa shape index (κ2) is 5.62. The van der Waals surface area contributed by atoms with Crippen LogP contribution in [0.4, 0.5) is 11.5 Å². The number of anilines is 2. The zero-order valence-electron chi connectivity index (χ0n) is 12.9. The Balaban J connectivity index is 1.72. The van der Waals surface area contributed by atoms with E-state index in [9.17, 15) is 0 Å². The van der Waals surface area contributed by atoms with Gasteiger partial charge in [0.05, 0.1) is 12.2 Å². The summed E-state index contributed by atoms with van der Waals surface area (Å²) in [5.74, 6) is 1.02. The first-order valence-electron chi connectivity index (χ1n) is 7.89. The van der Waals surface area contributed by atoms with E-state index in [0.29, 0.717) is 0 Å². The summed E-state index contributed by atoms with van der Waals surface area (Å²) in [6, 6.07) is 6.69. The van der Waals surface area contributed by atoms with Crippen molar-refractivity contribution in [3.05, 3.63) is 30.5 Å². The Morgan fingerprint density at radius 3 is 2.77 bits per heavy atom. The number of benzene rings is 1. The van der Waals surface area contributed by atoms with Crippen molar-refractivity contribution in [2.24, 2.45) is 7.05 Å². The van der Waals surface area contributed by atoms with E-state index in [-0.39, 0.29) is 0 Å². The first-order chi connectivity index (χ1) is 10.8. The zero-order chi connectivity index (χ0) is 14.9. The molecule has 2 aliphatic rings. The molecule has 2 aromatic rings. The van der Waals surface area contributed by atoms with Crippen molar-refractivity contribution in [1.29, 1.82) is 0 Å². The van der Waals surface area contributed by atoms with E-state index in [0.717, 1.165) is 45.2 Å². The van der Waals surface area contributed by atoms with Crippen molar-refractivity contribution in [3.8, 4) is 0 Å². The molecule has 22 heavy (non-hydrogen) atoms. The van der Waals surface area contributed by atoms with Gasteiger partial charge in [-0.2, -0.15) is 5.10 Å². The number of aromatic nitrogens is 2. The van der Waals surface area contributed by atoms with Crippen LogP contribution in [0.25, 0.3) is 10.9 Å². The minimum absolute atomic E-state index is 0.808. The summed E-state index contributed by atoms with van der Waals surface area (Å²) >= 11 is 0. The fourth-order valence-electron chi connectivity index (χ4n) is 3.21. The molecule has 0 unspecified atom stereocenters. The summed E-state index contributed by atoms with van der Waals surface area (Å²) in [5, 5.41) is 12.7. The highest BCUT2D eigenvalue weighted by atomic mass is 15.4. The van der Waals surface area contributed by atoms with Crippen molar-refractivity contribution in [2.75, 3.05) is 49.2 Å². The van der Waals surface area contributed by atoms with Crippen LogP contribution in [0.15, 0.2) is 30.5 Å². The van der Waals surface area contributed by atoms with Crippen LogP contribution in [0.1, 0.15) is 0 Å². The Morgan fingerprint density at radius 1 is 1.14 bits per heavy atom. The summed E-state index contributed by atoms with van der Waals surface area (Å²) in [6.45, 7) is 5.97. The molecular formula is C16H22N6. The third-order valence-electron chi connectivity index (χ3n) is 4.40. The molecule has 4 rings (SSSR count). The third-order valence-corrected chi connectivity index (χ3v) is 4.40. The fourth-order valence-corrected chi connectivity index (χ4v) is 3.21. The molecule has 6 heteroatoms. The van der Waals surface area contributed by atoms with E-state index >= 15 is 0 Å². The van der Waals surface area contributed by atoms with Crippen molar-refractivity contribution >= 4 is 22.4 Å². The van der Waals surface area contributed by atoms with Crippen LogP contribution in [-0.2, 0) is 7.05 Å². The fraction of sp³-hybridized carbons (Fsp3) is 0.438. The Kier molecular flexibility index (Phi) is 3.48. The highest BCUT2D eigenvalue weighted by Gasteiger charge is 2.17. The van der Waals surface area contributed by atoms with Crippen molar-refractivity contribution in [1.82, 2.24) is 20.4 Å². The standard InChI is InChI=1S/C16H22N6/c1-20-15-11-13(21-9-6-17-7-10-21)3-4-14(15)16(19-20)22-8-2-5-18-12-22/h2-4,8,11,17-18H,5-7,9-10,12H2,1H3. The summed E-state index contributed by atoms with van der Waals surface area (Å²) in [5.41, 5.74) is 2.47. The lowest BCUT2D eigenvalue weighted by Gasteiger charge is -2.29. The predicted molar refractivity (Wildman–Crippen MR) is 90.3 cm³/mol. The quantitative estimate of drug-likeness (QED) is 0.861. The van der Waals surface area contributed by atoms with Crippen molar-refractivity contribution < 1.29 is 0 Å². The molecule has 116 valence electrons. The lowest BCUT2D eigenvalue weighted by atomic mass is 10.2. The number of aryl methyl sites for hydroxylation is 1. The van der Waals surface area contributed by atoms with E-state index in [2.05, 4.69) is 50.9 Å². The third kappa shape index (κ3) is 2.34. The van der Waals surface area contributed by atoms with Gasteiger partial charge in [-0.15, -0.1) is 0 Å². The van der Waals surface area contributed by atoms with E-state index < -0.39 is 0 Å². The molecule has 0 amide bonds. The highest BCUT2D eigenvalue weighted by Crippen LogP contribution is 2.29. The van der Waals surface area contributed by atoms with Gasteiger partial charge in [0.1, 0.15) is 0 Å². The average Bonchev–Trinajstić information content (AvgIpc) is 2.93. The first-order valence-corrected chi connectivity index (χ1v) is 7.89. The Labute approximate surface area is 130 Å². The molecule has 2 N–H and O–H groups in total. The van der Waals surface area contributed by atoms with Crippen molar-refractivity contribution in [2.45, 2.75) is 0 Å². The monoisotopic (exact) mass is 298 g/mol. The molecule has 0 atom stereocenters. The van der Waals surface area contributed by atoms with Gasteiger partial charge in [-0.05, 0) is 18.2 Å². The van der Waals surface area contributed by atoms with Crippen LogP contribution in [0, 0.1) is 0 Å². The Morgan fingerprint density at radius 2 is 2.00 bits per heavy atom. The number of hydrogen-bond acceptors (Lipinski definition) is 5. The average molecular weight is 298 g/mol. The summed E-state index contributed by atoms with van der Waals surface area (Å²) < 4.78 is 1.98. The Bertz CT molecular complexity index is 698. The minimum atomic E-state index is 0.808. The summed E-state index contributed by atoms with van der Waals surface area (Å²) in [6.07, 6.45) is 4.24. The maximum absolute atomic E-state index is 4.72. The van der Waals surface area contributed by atoms with E-state index in [1.165, 1.54) is 16.6 Å². The van der Waals surface area contributed by atoms with Crippen LogP contribution in [-0.4, -0.2) is 49.2 Å². The van der Waals surface area contributed by atoms with E-state index in [4.69, 9.17) is 5.10 Å². The number of nitrogens with zero attached hydrogens (tertiary/aromatic N) is 4. The van der Waals surface area contributed by atoms with Gasteiger partial charge in [0.15, 0.2) is 5.82 Å². The molecule has 0 bridgehead atoms. The van der Waals surface area contributed by atoms with Gasteiger partial charge in [-0.25, -0.2) is 0 Å². The lowest BCUT2D eigenvalue weighted by molar-refractivity contribution is 0.589. The maximum Gasteiger partial charge on any atom is 0.163 e. The SMILES string of the molecule is Cn1nc(N2C=CCNC2)c2ccc(N3CCNCC3)cc21. The highest BCUT2D eigenvalue weighted by molar-refractivity contribution is 5.93. The topological polar surface area (TPSA) is 48.4 Å². The van der Waals surface area contributed by atoms with E-state index in [1.807, 2.05) is 11.7 Å². The van der Waals surface area contributed by atoms with Crippen LogP contribution < -0.4 is 20.4 Å². The van der Waals surface area contributed by atoms with E-state index in [1.54, 1.807) is 0 Å². The molecule has 0 radical (unpaired) electrons. The first kappa shape index (κ1) is 13.6. The van der Waals surface area contributed by atoms with Crippen LogP contribution >= 0.6 is 0 Å². The normalized spacial score (nSPS) is 19.1. The van der Waals surface area contributed by atoms with Crippen LogP contribution in [0.2, 0.25) is 0 Å². The van der Waals surface area contributed by atoms with Gasteiger partial charge in [-0.3, -0.25) is 10.00 Å². The molecule has 3 heterocycles. The van der Waals surface area contributed by atoms with Crippen molar-refractivity contribution in [3.63, 3.8) is 0 Å². The van der Waals surface area contributed by atoms with Crippen LogP contribution in [0.5, 0.6) is 0 Å². The van der Waals surface area contributed by atoms with Gasteiger partial charge >= 0.3 is 0 Å². The minimum Gasteiger partial charge on any atom is -0.369 e. The lowest BCUT2D eigenvalue weighted by Crippen LogP contribution is -2.43. The molecule has 0 spiro atoms. The molecule has 0 aliphatic carbocycles. The number of nitrogens with one attached hydrogen (secondary N) is 2. The number of fused-ring (bicyclic) bond motifs is 1. The molecule has 6 nitrogen and oxygen atoms in total. The molecular weight excluding hydrogens is 276 g/mol. The predicted octanol–water partition coefficient (Wildman–Crippen LogP) is 0.864. The molecule has 1 saturated heterocycles.